The van der Waals surface area contributed by atoms with Gasteiger partial charge in [0.25, 0.3) is 0 Å². The van der Waals surface area contributed by atoms with Gasteiger partial charge in [-0.25, -0.2) is 9.37 Å². The number of rotatable bonds is 3. The summed E-state index contributed by atoms with van der Waals surface area (Å²) in [6, 6.07) is 6.37. The van der Waals surface area contributed by atoms with Crippen molar-refractivity contribution in [1.82, 2.24) is 10.3 Å². The van der Waals surface area contributed by atoms with E-state index in [1.807, 2.05) is 7.05 Å². The van der Waals surface area contributed by atoms with Gasteiger partial charge in [0, 0.05) is 12.1 Å². The highest BCUT2D eigenvalue weighted by atomic mass is 79.9. The molecule has 0 spiro atoms. The summed E-state index contributed by atoms with van der Waals surface area (Å²) in [6.07, 6.45) is 0. The second kappa shape index (κ2) is 5.03. The monoisotopic (exact) mass is 300 g/mol. The maximum Gasteiger partial charge on any atom is 0.124 e. The molecule has 0 unspecified atom stereocenters. The van der Waals surface area contributed by atoms with Gasteiger partial charge >= 0.3 is 0 Å². The first-order valence-corrected chi connectivity index (χ1v) is 6.37. The molecule has 2 aromatic rings. The van der Waals surface area contributed by atoms with E-state index in [1.165, 1.54) is 12.1 Å². The van der Waals surface area contributed by atoms with Crippen molar-refractivity contribution in [3.8, 4) is 10.6 Å². The lowest BCUT2D eigenvalue weighted by molar-refractivity contribution is 0.628. The quantitative estimate of drug-likeness (QED) is 0.939. The lowest BCUT2D eigenvalue weighted by atomic mass is 10.2. The molecular formula is C11H10BrFN2S. The van der Waals surface area contributed by atoms with Crippen molar-refractivity contribution in [1.29, 1.82) is 0 Å². The summed E-state index contributed by atoms with van der Waals surface area (Å²) in [4.78, 5) is 5.54. The highest BCUT2D eigenvalue weighted by Gasteiger charge is 2.09. The first-order chi connectivity index (χ1) is 7.70. The lowest BCUT2D eigenvalue weighted by Gasteiger charge is -1.94. The maximum atomic E-state index is 12.8. The molecule has 0 saturated heterocycles. The Bertz CT molecular complexity index is 481. The molecule has 1 N–H and O–H groups in total. The van der Waals surface area contributed by atoms with Crippen LogP contribution in [-0.4, -0.2) is 12.0 Å². The summed E-state index contributed by atoms with van der Waals surface area (Å²) in [5.74, 6) is -0.227. The predicted octanol–water partition coefficient (Wildman–Crippen LogP) is 3.43. The van der Waals surface area contributed by atoms with Gasteiger partial charge in [-0.1, -0.05) is 0 Å². The number of hydrogen-bond donors (Lipinski definition) is 1. The highest BCUT2D eigenvalue weighted by Crippen LogP contribution is 2.30. The molecular weight excluding hydrogens is 291 g/mol. The molecule has 2 nitrogen and oxygen atoms in total. The van der Waals surface area contributed by atoms with Gasteiger partial charge in [-0.2, -0.15) is 0 Å². The largest absolute Gasteiger partial charge is 0.315 e. The van der Waals surface area contributed by atoms with Gasteiger partial charge in [-0.3, -0.25) is 0 Å². The SMILES string of the molecule is CNCc1sc(-c2ccc(F)cc2)nc1Br. The first kappa shape index (κ1) is 11.7. The molecule has 0 saturated carbocycles. The predicted molar refractivity (Wildman–Crippen MR) is 68.0 cm³/mol. The fourth-order valence-corrected chi connectivity index (χ4v) is 2.97. The Labute approximate surface area is 106 Å². The number of benzene rings is 1. The molecule has 0 amide bonds. The van der Waals surface area contributed by atoms with E-state index >= 15 is 0 Å². The number of hydrogen-bond acceptors (Lipinski definition) is 3. The standard InChI is InChI=1S/C11H10BrFN2S/c1-14-6-9-10(12)15-11(16-9)7-2-4-8(13)5-3-7/h2-5,14H,6H2,1H3. The van der Waals surface area contributed by atoms with Crippen LogP contribution in [0.1, 0.15) is 4.88 Å². The molecule has 2 rings (SSSR count). The van der Waals surface area contributed by atoms with Crippen LogP contribution >= 0.6 is 27.3 Å². The van der Waals surface area contributed by atoms with Crippen molar-refractivity contribution in [3.05, 3.63) is 39.6 Å². The number of aromatic nitrogens is 1. The Morgan fingerprint density at radius 2 is 2.06 bits per heavy atom. The zero-order chi connectivity index (χ0) is 11.5. The average molecular weight is 301 g/mol. The van der Waals surface area contributed by atoms with Crippen LogP contribution < -0.4 is 5.32 Å². The fourth-order valence-electron chi connectivity index (χ4n) is 1.32. The van der Waals surface area contributed by atoms with Gasteiger partial charge in [0.1, 0.15) is 15.4 Å². The third-order valence-electron chi connectivity index (χ3n) is 2.08. The van der Waals surface area contributed by atoms with Crippen LogP contribution in [0.2, 0.25) is 0 Å². The van der Waals surface area contributed by atoms with Gasteiger partial charge in [-0.05, 0) is 47.2 Å². The third kappa shape index (κ3) is 2.48. The van der Waals surface area contributed by atoms with Crippen LogP contribution in [0.3, 0.4) is 0 Å². The molecule has 0 aliphatic rings. The summed E-state index contributed by atoms with van der Waals surface area (Å²) in [6.45, 7) is 0.777. The Hall–Kier alpha value is -0.780. The first-order valence-electron chi connectivity index (χ1n) is 4.76. The minimum absolute atomic E-state index is 0.227. The molecule has 0 bridgehead atoms. The van der Waals surface area contributed by atoms with Crippen LogP contribution in [-0.2, 0) is 6.54 Å². The van der Waals surface area contributed by atoms with E-state index in [9.17, 15) is 4.39 Å². The van der Waals surface area contributed by atoms with Crippen LogP contribution in [0.4, 0.5) is 4.39 Å². The smallest absolute Gasteiger partial charge is 0.124 e. The van der Waals surface area contributed by atoms with E-state index in [-0.39, 0.29) is 5.82 Å². The summed E-state index contributed by atoms with van der Waals surface area (Å²) >= 11 is 5.02. The number of nitrogens with zero attached hydrogens (tertiary/aromatic N) is 1. The molecule has 5 heteroatoms. The van der Waals surface area contributed by atoms with Crippen molar-refractivity contribution >= 4 is 27.3 Å². The van der Waals surface area contributed by atoms with E-state index in [2.05, 4.69) is 26.2 Å². The summed E-state index contributed by atoms with van der Waals surface area (Å²) in [5.41, 5.74) is 0.939. The minimum atomic E-state index is -0.227. The van der Waals surface area contributed by atoms with Crippen LogP contribution in [0.5, 0.6) is 0 Å². The molecule has 0 aliphatic heterocycles. The Balaban J connectivity index is 2.33. The van der Waals surface area contributed by atoms with Crippen molar-refractivity contribution in [2.24, 2.45) is 0 Å². The minimum Gasteiger partial charge on any atom is -0.315 e. The van der Waals surface area contributed by atoms with E-state index in [1.54, 1.807) is 23.5 Å². The molecule has 0 fully saturated rings. The zero-order valence-electron chi connectivity index (χ0n) is 8.63. The van der Waals surface area contributed by atoms with Crippen LogP contribution in [0.25, 0.3) is 10.6 Å². The van der Waals surface area contributed by atoms with Crippen molar-refractivity contribution in [2.75, 3.05) is 7.05 Å². The molecule has 1 aromatic heterocycles. The number of nitrogens with one attached hydrogen (secondary N) is 1. The molecule has 1 heterocycles. The highest BCUT2D eigenvalue weighted by molar-refractivity contribution is 9.10. The zero-order valence-corrected chi connectivity index (χ0v) is 11.0. The van der Waals surface area contributed by atoms with E-state index in [4.69, 9.17) is 0 Å². The maximum absolute atomic E-state index is 12.8. The average Bonchev–Trinajstić information content (AvgIpc) is 2.62. The Morgan fingerprint density at radius 1 is 1.38 bits per heavy atom. The van der Waals surface area contributed by atoms with Gasteiger partial charge < -0.3 is 5.32 Å². The topological polar surface area (TPSA) is 24.9 Å². The Morgan fingerprint density at radius 3 is 2.69 bits per heavy atom. The molecule has 84 valence electrons. The second-order valence-corrected chi connectivity index (χ2v) is 5.10. The van der Waals surface area contributed by atoms with E-state index < -0.39 is 0 Å². The molecule has 0 atom stereocenters. The fraction of sp³-hybridized carbons (Fsp3) is 0.182. The molecule has 0 aliphatic carbocycles. The second-order valence-electron chi connectivity index (χ2n) is 3.27. The number of thiazole rings is 1. The van der Waals surface area contributed by atoms with Gasteiger partial charge in [0.15, 0.2) is 0 Å². The van der Waals surface area contributed by atoms with E-state index in [0.717, 1.165) is 26.6 Å². The summed E-state index contributed by atoms with van der Waals surface area (Å²) in [5, 5.41) is 3.98. The van der Waals surface area contributed by atoms with Gasteiger partial charge in [0.05, 0.1) is 4.88 Å². The molecule has 0 radical (unpaired) electrons. The van der Waals surface area contributed by atoms with Crippen molar-refractivity contribution in [2.45, 2.75) is 6.54 Å². The molecule has 16 heavy (non-hydrogen) atoms. The summed E-state index contributed by atoms with van der Waals surface area (Å²) < 4.78 is 13.6. The van der Waals surface area contributed by atoms with Crippen molar-refractivity contribution < 1.29 is 4.39 Å². The van der Waals surface area contributed by atoms with E-state index in [0.29, 0.717) is 0 Å². The van der Waals surface area contributed by atoms with Crippen LogP contribution in [0.15, 0.2) is 28.9 Å². The number of halogens is 2. The normalized spacial score (nSPS) is 10.7. The summed E-state index contributed by atoms with van der Waals surface area (Å²) in [7, 11) is 1.89. The van der Waals surface area contributed by atoms with Gasteiger partial charge in [-0.15, -0.1) is 11.3 Å². The van der Waals surface area contributed by atoms with Gasteiger partial charge in [0.2, 0.25) is 0 Å². The molecule has 1 aromatic carbocycles. The van der Waals surface area contributed by atoms with Crippen molar-refractivity contribution in [3.63, 3.8) is 0 Å². The third-order valence-corrected chi connectivity index (χ3v) is 4.10. The lowest BCUT2D eigenvalue weighted by Crippen LogP contribution is -2.03. The van der Waals surface area contributed by atoms with Crippen LogP contribution in [0, 0.1) is 5.82 Å². The Kier molecular flexibility index (Phi) is 3.68.